The predicted octanol–water partition coefficient (Wildman–Crippen LogP) is 1.22. The van der Waals surface area contributed by atoms with E-state index in [-0.39, 0.29) is 0 Å². The molecule has 3 rings (SSSR count). The lowest BCUT2D eigenvalue weighted by Gasteiger charge is -2.18. The number of carbonyl (C=O) groups is 1. The van der Waals surface area contributed by atoms with Gasteiger partial charge in [0.1, 0.15) is 0 Å². The van der Waals surface area contributed by atoms with Gasteiger partial charge in [0.05, 0.1) is 18.6 Å². The molecule has 1 aromatic carbocycles. The van der Waals surface area contributed by atoms with Crippen molar-refractivity contribution in [1.82, 2.24) is 9.97 Å². The van der Waals surface area contributed by atoms with Gasteiger partial charge in [0.2, 0.25) is 6.41 Å². The molecule has 1 aliphatic heterocycles. The first kappa shape index (κ1) is 18.8. The van der Waals surface area contributed by atoms with Crippen LogP contribution in [0.1, 0.15) is 11.3 Å². The van der Waals surface area contributed by atoms with Gasteiger partial charge >= 0.3 is 0 Å². The molecular weight excluding hydrogens is 340 g/mol. The Labute approximate surface area is 141 Å². The minimum Gasteiger partial charge on any atom is -0.365 e. The van der Waals surface area contributed by atoms with E-state index in [4.69, 9.17) is 10.5 Å². The van der Waals surface area contributed by atoms with Crippen LogP contribution in [-0.2, 0) is 43.0 Å². The van der Waals surface area contributed by atoms with E-state index in [0.717, 1.165) is 30.9 Å². The lowest BCUT2D eigenvalue weighted by Crippen LogP contribution is -2.19. The molecule has 0 spiro atoms. The van der Waals surface area contributed by atoms with Crippen LogP contribution in [0.15, 0.2) is 30.7 Å². The summed E-state index contributed by atoms with van der Waals surface area (Å²) in [6, 6.07) is 6.04. The number of nitrogens with zero attached hydrogens (tertiary/aromatic N) is 2. The molecule has 0 fully saturated rings. The van der Waals surface area contributed by atoms with Crippen LogP contribution in [0.3, 0.4) is 0 Å². The summed E-state index contributed by atoms with van der Waals surface area (Å²) in [5.74, 6) is 0. The Kier molecular flexibility index (Phi) is 7.74. The number of amides is 1. The summed E-state index contributed by atoms with van der Waals surface area (Å²) >= 11 is 0. The van der Waals surface area contributed by atoms with E-state index < -0.39 is 0 Å². The topological polar surface area (TPSA) is 148 Å². The summed E-state index contributed by atoms with van der Waals surface area (Å²) in [4.78, 5) is 19.9. The van der Waals surface area contributed by atoms with Crippen molar-refractivity contribution in [2.75, 3.05) is 16.8 Å². The van der Waals surface area contributed by atoms with E-state index >= 15 is 0 Å². The lowest BCUT2D eigenvalue weighted by atomic mass is 10.1. The van der Waals surface area contributed by atoms with E-state index in [1.54, 1.807) is 6.33 Å². The summed E-state index contributed by atoms with van der Waals surface area (Å²) in [5.41, 5.74) is 4.44. The first-order valence-electron chi connectivity index (χ1n) is 6.95. The Hall–Kier alpha value is -2.58. The van der Waals surface area contributed by atoms with Crippen molar-refractivity contribution in [2.24, 2.45) is 0 Å². The average Bonchev–Trinajstić information content (AvgIpc) is 3.27. The van der Waals surface area contributed by atoms with E-state index in [2.05, 4.69) is 51.4 Å². The number of nitrogens with one attached hydrogen (secondary N) is 2. The Morgan fingerprint density at radius 1 is 1.28 bits per heavy atom. The minimum absolute atomic E-state index is 0.704. The molecule has 0 atom stereocenters. The Bertz CT molecular complexity index is 635. The first-order valence-corrected chi connectivity index (χ1v) is 6.95. The molecule has 0 radical (unpaired) electrons. The van der Waals surface area contributed by atoms with Gasteiger partial charge in [0.15, 0.2) is 0 Å². The molecule has 0 unspecified atom stereocenters. The summed E-state index contributed by atoms with van der Waals surface area (Å²) in [7, 11) is 0. The SMILES string of the molecule is O=CNc1ccc2c(c1)N(Cc1cnc[nH]1)CC2.OOOOOOO. The predicted molar refractivity (Wildman–Crippen MR) is 80.2 cm³/mol. The third-order valence-corrected chi connectivity index (χ3v) is 3.34. The summed E-state index contributed by atoms with van der Waals surface area (Å²) < 4.78 is 0. The largest absolute Gasteiger partial charge is 0.365 e. The van der Waals surface area contributed by atoms with Gasteiger partial charge < -0.3 is 15.2 Å². The standard InChI is InChI=1S/C13H14N4O.H2O7/c18-9-16-11-2-1-10-3-4-17(13(10)5-11)7-12-6-14-8-15-12;1-3-5-7-6-4-2/h1-2,5-6,8-9H,3-4,7H2,(H,14,15)(H,16,18);1-2H. The fourth-order valence-corrected chi connectivity index (χ4v) is 2.38. The highest BCUT2D eigenvalue weighted by Gasteiger charge is 2.19. The molecule has 0 saturated heterocycles. The van der Waals surface area contributed by atoms with Crippen molar-refractivity contribution >= 4 is 17.8 Å². The number of carbonyl (C=O) groups excluding carboxylic acids is 1. The van der Waals surface area contributed by atoms with E-state index in [9.17, 15) is 4.79 Å². The number of imidazole rings is 1. The van der Waals surface area contributed by atoms with Crippen molar-refractivity contribution < 1.29 is 40.5 Å². The van der Waals surface area contributed by atoms with Crippen molar-refractivity contribution in [3.63, 3.8) is 0 Å². The number of rotatable bonds is 8. The van der Waals surface area contributed by atoms with Crippen LogP contribution in [0.5, 0.6) is 0 Å². The summed E-state index contributed by atoms with van der Waals surface area (Å²) in [5, 5.41) is 32.2. The molecule has 4 N–H and O–H groups in total. The van der Waals surface area contributed by atoms with E-state index in [0.29, 0.717) is 6.41 Å². The van der Waals surface area contributed by atoms with Crippen LogP contribution in [0.2, 0.25) is 0 Å². The van der Waals surface area contributed by atoms with Crippen LogP contribution in [0.4, 0.5) is 11.4 Å². The smallest absolute Gasteiger partial charge is 0.211 e. The molecule has 25 heavy (non-hydrogen) atoms. The third-order valence-electron chi connectivity index (χ3n) is 3.34. The molecule has 0 aliphatic carbocycles. The van der Waals surface area contributed by atoms with Crippen molar-refractivity contribution in [3.8, 4) is 0 Å². The van der Waals surface area contributed by atoms with Crippen LogP contribution >= 0.6 is 0 Å². The van der Waals surface area contributed by atoms with Gasteiger partial charge in [-0.3, -0.25) is 4.79 Å². The fourth-order valence-electron chi connectivity index (χ4n) is 2.38. The normalized spacial score (nSPS) is 12.3. The Morgan fingerprint density at radius 3 is 2.72 bits per heavy atom. The van der Waals surface area contributed by atoms with Crippen LogP contribution in [0, 0.1) is 0 Å². The zero-order chi connectivity index (χ0) is 17.9. The molecule has 2 aromatic rings. The third kappa shape index (κ3) is 5.77. The van der Waals surface area contributed by atoms with Crippen LogP contribution in [0.25, 0.3) is 0 Å². The monoisotopic (exact) mass is 356 g/mol. The zero-order valence-corrected chi connectivity index (χ0v) is 12.8. The first-order chi connectivity index (χ1) is 12.3. The summed E-state index contributed by atoms with van der Waals surface area (Å²) in [6.45, 7) is 1.82. The Morgan fingerprint density at radius 2 is 2.08 bits per heavy atom. The lowest BCUT2D eigenvalue weighted by molar-refractivity contribution is -0.784. The number of fused-ring (bicyclic) bond motifs is 1. The zero-order valence-electron chi connectivity index (χ0n) is 12.8. The molecule has 1 amide bonds. The fraction of sp³-hybridized carbons (Fsp3) is 0.231. The number of hydrogen-bond acceptors (Lipinski definition) is 10. The Balaban J connectivity index is 0.000000277. The van der Waals surface area contributed by atoms with E-state index in [1.807, 2.05) is 18.3 Å². The molecule has 12 heteroatoms. The second-order valence-corrected chi connectivity index (χ2v) is 4.71. The molecule has 1 aliphatic rings. The highest BCUT2D eigenvalue weighted by molar-refractivity contribution is 5.75. The molecule has 12 nitrogen and oxygen atoms in total. The van der Waals surface area contributed by atoms with Gasteiger partial charge in [0.25, 0.3) is 0 Å². The number of aromatic nitrogens is 2. The number of hydrogen-bond donors (Lipinski definition) is 4. The molecule has 0 saturated carbocycles. The maximum Gasteiger partial charge on any atom is 0.211 e. The number of anilines is 2. The van der Waals surface area contributed by atoms with Gasteiger partial charge in [-0.1, -0.05) is 6.07 Å². The van der Waals surface area contributed by atoms with Crippen LogP contribution < -0.4 is 10.2 Å². The average molecular weight is 356 g/mol. The van der Waals surface area contributed by atoms with Gasteiger partial charge in [-0.15, -0.1) is 0 Å². The molecule has 1 aromatic heterocycles. The van der Waals surface area contributed by atoms with Crippen molar-refractivity contribution in [3.05, 3.63) is 42.0 Å². The van der Waals surface area contributed by atoms with Gasteiger partial charge in [0, 0.05) is 24.1 Å². The van der Waals surface area contributed by atoms with Gasteiger partial charge in [-0.25, -0.2) is 15.5 Å². The number of benzene rings is 1. The van der Waals surface area contributed by atoms with Crippen molar-refractivity contribution in [2.45, 2.75) is 13.0 Å². The van der Waals surface area contributed by atoms with Crippen LogP contribution in [-0.4, -0.2) is 33.4 Å². The van der Waals surface area contributed by atoms with Crippen molar-refractivity contribution in [1.29, 1.82) is 0 Å². The number of H-pyrrole nitrogens is 1. The highest BCUT2D eigenvalue weighted by Crippen LogP contribution is 2.31. The minimum atomic E-state index is 0.704. The van der Waals surface area contributed by atoms with Gasteiger partial charge in [-0.2, -0.15) is 0 Å². The second kappa shape index (κ2) is 10.3. The molecule has 2 heterocycles. The molecular formula is C13H16N4O8. The molecule has 136 valence electrons. The highest BCUT2D eigenvalue weighted by atomic mass is 17.9. The van der Waals surface area contributed by atoms with E-state index in [1.165, 1.54) is 11.3 Å². The maximum absolute atomic E-state index is 10.5. The van der Waals surface area contributed by atoms with Gasteiger partial charge in [-0.05, 0) is 49.3 Å². The quantitative estimate of drug-likeness (QED) is 0.235. The molecule has 0 bridgehead atoms. The summed E-state index contributed by atoms with van der Waals surface area (Å²) in [6.07, 6.45) is 5.28. The second-order valence-electron chi connectivity index (χ2n) is 4.71. The maximum atomic E-state index is 10.5. The number of aromatic amines is 1.